The molecule has 0 unspecified atom stereocenters. The Morgan fingerprint density at radius 1 is 1.13 bits per heavy atom. The average Bonchev–Trinajstić information content (AvgIpc) is 3.16. The van der Waals surface area contributed by atoms with Gasteiger partial charge in [0.25, 0.3) is 0 Å². The number of carbonyl (C=O) groups excluding carboxylic acids is 2. The van der Waals surface area contributed by atoms with Gasteiger partial charge in [-0.25, -0.2) is 4.79 Å². The molecule has 0 aliphatic heterocycles. The molecule has 30 heavy (non-hydrogen) atoms. The van der Waals surface area contributed by atoms with Gasteiger partial charge in [0.05, 0.1) is 6.61 Å². The molecule has 0 aliphatic rings. The Balaban J connectivity index is 1.87. The Morgan fingerprint density at radius 3 is 2.57 bits per heavy atom. The zero-order chi connectivity index (χ0) is 21.5. The molecule has 6 heteroatoms. The summed E-state index contributed by atoms with van der Waals surface area (Å²) in [6.45, 7) is 4.10. The molecule has 0 atom stereocenters. The second-order valence-corrected chi connectivity index (χ2v) is 7.82. The normalized spacial score (nSPS) is 10.9. The molecular weight excluding hydrogens is 418 g/mol. The summed E-state index contributed by atoms with van der Waals surface area (Å²) in [4.78, 5) is 25.1. The van der Waals surface area contributed by atoms with E-state index in [1.165, 1.54) is 23.0 Å². The molecule has 0 saturated heterocycles. The average molecular weight is 440 g/mol. The summed E-state index contributed by atoms with van der Waals surface area (Å²) in [6, 6.07) is 15.2. The molecular formula is C24H22ClNO3S. The van der Waals surface area contributed by atoms with Crippen LogP contribution in [-0.2, 0) is 16.0 Å². The maximum absolute atomic E-state index is 12.6. The maximum Gasteiger partial charge on any atom is 0.341 e. The summed E-state index contributed by atoms with van der Waals surface area (Å²) in [6.07, 6.45) is 4.02. The predicted molar refractivity (Wildman–Crippen MR) is 124 cm³/mol. The van der Waals surface area contributed by atoms with Gasteiger partial charge in [-0.3, -0.25) is 4.79 Å². The minimum absolute atomic E-state index is 0.255. The zero-order valence-electron chi connectivity index (χ0n) is 16.8. The first-order chi connectivity index (χ1) is 14.5. The highest BCUT2D eigenvalue weighted by Crippen LogP contribution is 2.36. The van der Waals surface area contributed by atoms with Gasteiger partial charge in [0, 0.05) is 22.0 Å². The standard InChI is InChI=1S/C24H22ClNO3S/c1-3-16-8-11-18(12-9-16)20-15-30-23(22(20)24(28)29-4-2)26-21(27)13-10-17-6-5-7-19(25)14-17/h5-15H,3-4H2,1-2H3,(H,26,27). The number of benzene rings is 2. The number of carbonyl (C=O) groups is 2. The van der Waals surface area contributed by atoms with Gasteiger partial charge < -0.3 is 10.1 Å². The largest absolute Gasteiger partial charge is 0.462 e. The molecule has 4 nitrogen and oxygen atoms in total. The van der Waals surface area contributed by atoms with Crippen LogP contribution >= 0.6 is 22.9 Å². The van der Waals surface area contributed by atoms with E-state index in [0.29, 0.717) is 15.6 Å². The van der Waals surface area contributed by atoms with Gasteiger partial charge in [-0.05, 0) is 48.2 Å². The molecule has 0 radical (unpaired) electrons. The molecule has 1 aromatic heterocycles. The van der Waals surface area contributed by atoms with Crippen molar-refractivity contribution in [2.75, 3.05) is 11.9 Å². The summed E-state index contributed by atoms with van der Waals surface area (Å²) < 4.78 is 5.24. The van der Waals surface area contributed by atoms with E-state index in [-0.39, 0.29) is 12.5 Å². The molecule has 1 N–H and O–H groups in total. The fraction of sp³-hybridized carbons (Fsp3) is 0.167. The fourth-order valence-electron chi connectivity index (χ4n) is 2.92. The lowest BCUT2D eigenvalue weighted by atomic mass is 10.0. The number of hydrogen-bond donors (Lipinski definition) is 1. The van der Waals surface area contributed by atoms with Crippen LogP contribution in [0.3, 0.4) is 0 Å². The third kappa shape index (κ3) is 5.38. The number of esters is 1. The number of anilines is 1. The van der Waals surface area contributed by atoms with E-state index in [2.05, 4.69) is 12.2 Å². The van der Waals surface area contributed by atoms with Crippen LogP contribution in [0.1, 0.15) is 35.3 Å². The first-order valence-electron chi connectivity index (χ1n) is 9.64. The Kier molecular flexibility index (Phi) is 7.44. The summed E-state index contributed by atoms with van der Waals surface area (Å²) in [5, 5.41) is 5.73. The second-order valence-electron chi connectivity index (χ2n) is 6.50. The summed E-state index contributed by atoms with van der Waals surface area (Å²) in [5.41, 5.74) is 4.05. The number of amides is 1. The lowest BCUT2D eigenvalue weighted by Gasteiger charge is -2.08. The van der Waals surface area contributed by atoms with Gasteiger partial charge in [-0.2, -0.15) is 0 Å². The van der Waals surface area contributed by atoms with Crippen LogP contribution < -0.4 is 5.32 Å². The molecule has 0 fully saturated rings. The third-order valence-corrected chi connectivity index (χ3v) is 5.59. The van der Waals surface area contributed by atoms with Crippen LogP contribution in [0, 0.1) is 0 Å². The maximum atomic E-state index is 12.6. The van der Waals surface area contributed by atoms with E-state index in [1.807, 2.05) is 41.8 Å². The van der Waals surface area contributed by atoms with Crippen molar-refractivity contribution in [2.24, 2.45) is 0 Å². The summed E-state index contributed by atoms with van der Waals surface area (Å²) >= 11 is 7.27. The summed E-state index contributed by atoms with van der Waals surface area (Å²) in [7, 11) is 0. The quantitative estimate of drug-likeness (QED) is 0.339. The van der Waals surface area contributed by atoms with Crippen LogP contribution in [0.15, 0.2) is 60.0 Å². The van der Waals surface area contributed by atoms with E-state index in [0.717, 1.165) is 23.1 Å². The van der Waals surface area contributed by atoms with Crippen LogP contribution in [0.2, 0.25) is 5.02 Å². The van der Waals surface area contributed by atoms with E-state index in [1.54, 1.807) is 25.1 Å². The molecule has 3 aromatic rings. The minimum atomic E-state index is -0.456. The number of nitrogens with one attached hydrogen (secondary N) is 1. The molecule has 3 rings (SSSR count). The Morgan fingerprint density at radius 2 is 1.90 bits per heavy atom. The van der Waals surface area contributed by atoms with E-state index in [4.69, 9.17) is 16.3 Å². The van der Waals surface area contributed by atoms with Crippen molar-refractivity contribution < 1.29 is 14.3 Å². The van der Waals surface area contributed by atoms with E-state index >= 15 is 0 Å². The van der Waals surface area contributed by atoms with Crippen molar-refractivity contribution in [3.8, 4) is 11.1 Å². The molecule has 0 bridgehead atoms. The van der Waals surface area contributed by atoms with E-state index < -0.39 is 5.97 Å². The molecule has 1 amide bonds. The number of rotatable bonds is 7. The van der Waals surface area contributed by atoms with Crippen molar-refractivity contribution in [1.82, 2.24) is 0 Å². The Labute approximate surface area is 185 Å². The molecule has 0 aliphatic carbocycles. The molecule has 0 spiro atoms. The van der Waals surface area contributed by atoms with Crippen molar-refractivity contribution in [2.45, 2.75) is 20.3 Å². The van der Waals surface area contributed by atoms with Crippen LogP contribution in [0.25, 0.3) is 17.2 Å². The van der Waals surface area contributed by atoms with Crippen molar-refractivity contribution in [1.29, 1.82) is 0 Å². The van der Waals surface area contributed by atoms with Gasteiger partial charge in [0.2, 0.25) is 5.91 Å². The SMILES string of the molecule is CCOC(=O)c1c(-c2ccc(CC)cc2)csc1NC(=O)C=Cc1cccc(Cl)c1. The number of thiophene rings is 1. The zero-order valence-corrected chi connectivity index (χ0v) is 18.3. The van der Waals surface area contributed by atoms with Crippen molar-refractivity contribution >= 4 is 45.9 Å². The number of aryl methyl sites for hydroxylation is 1. The summed E-state index contributed by atoms with van der Waals surface area (Å²) in [5.74, 6) is -0.794. The van der Waals surface area contributed by atoms with Crippen molar-refractivity contribution in [3.63, 3.8) is 0 Å². The molecule has 0 saturated carbocycles. The van der Waals surface area contributed by atoms with Gasteiger partial charge in [-0.15, -0.1) is 11.3 Å². The number of ether oxygens (including phenoxy) is 1. The van der Waals surface area contributed by atoms with Crippen molar-refractivity contribution in [3.05, 3.63) is 81.7 Å². The highest BCUT2D eigenvalue weighted by Gasteiger charge is 2.22. The minimum Gasteiger partial charge on any atom is -0.462 e. The van der Waals surface area contributed by atoms with Crippen LogP contribution in [0.4, 0.5) is 5.00 Å². The smallest absolute Gasteiger partial charge is 0.341 e. The highest BCUT2D eigenvalue weighted by atomic mass is 35.5. The fourth-order valence-corrected chi connectivity index (χ4v) is 4.08. The lowest BCUT2D eigenvalue weighted by molar-refractivity contribution is -0.111. The van der Waals surface area contributed by atoms with Crippen LogP contribution in [-0.4, -0.2) is 18.5 Å². The monoisotopic (exact) mass is 439 g/mol. The second kappa shape index (κ2) is 10.2. The van der Waals surface area contributed by atoms with Gasteiger partial charge in [0.1, 0.15) is 10.6 Å². The highest BCUT2D eigenvalue weighted by molar-refractivity contribution is 7.15. The lowest BCUT2D eigenvalue weighted by Crippen LogP contribution is -2.12. The van der Waals surface area contributed by atoms with E-state index in [9.17, 15) is 9.59 Å². The van der Waals surface area contributed by atoms with Crippen LogP contribution in [0.5, 0.6) is 0 Å². The predicted octanol–water partition coefficient (Wildman–Crippen LogP) is 6.46. The Bertz CT molecular complexity index is 1070. The molecule has 154 valence electrons. The molecule has 1 heterocycles. The molecule has 2 aromatic carbocycles. The third-order valence-electron chi connectivity index (χ3n) is 4.46. The van der Waals surface area contributed by atoms with Gasteiger partial charge in [0.15, 0.2) is 0 Å². The topological polar surface area (TPSA) is 55.4 Å². The number of hydrogen-bond acceptors (Lipinski definition) is 4. The van der Waals surface area contributed by atoms with Gasteiger partial charge in [-0.1, -0.05) is 54.9 Å². The first kappa shape index (κ1) is 21.8. The van der Waals surface area contributed by atoms with Gasteiger partial charge >= 0.3 is 5.97 Å². The Hall–Kier alpha value is -2.89. The number of halogens is 1. The first-order valence-corrected chi connectivity index (χ1v) is 10.9.